The Morgan fingerprint density at radius 3 is 2.80 bits per heavy atom. The van der Waals surface area contributed by atoms with Crippen LogP contribution in [0.5, 0.6) is 0 Å². The first-order valence-electron chi connectivity index (χ1n) is 4.72. The summed E-state index contributed by atoms with van der Waals surface area (Å²) >= 11 is 1.54. The highest BCUT2D eigenvalue weighted by molar-refractivity contribution is 7.11. The molecule has 0 bridgehead atoms. The predicted molar refractivity (Wildman–Crippen MR) is 58.4 cm³/mol. The van der Waals surface area contributed by atoms with Crippen LogP contribution in [0.1, 0.15) is 26.8 Å². The van der Waals surface area contributed by atoms with Crippen LogP contribution in [0.25, 0.3) is 0 Å². The molecule has 1 aromatic heterocycles. The van der Waals surface area contributed by atoms with Crippen molar-refractivity contribution in [1.82, 2.24) is 4.98 Å². The lowest BCUT2D eigenvalue weighted by Crippen LogP contribution is -2.03. The molecular weight excluding hydrogens is 214 g/mol. The van der Waals surface area contributed by atoms with Gasteiger partial charge in [-0.3, -0.25) is 0 Å². The van der Waals surface area contributed by atoms with Crippen molar-refractivity contribution in [3.63, 3.8) is 0 Å². The first-order valence-corrected chi connectivity index (χ1v) is 5.54. The van der Waals surface area contributed by atoms with Crippen molar-refractivity contribution in [2.24, 2.45) is 0 Å². The van der Waals surface area contributed by atoms with E-state index in [0.717, 1.165) is 22.7 Å². The average Bonchev–Trinajstić information content (AvgIpc) is 2.59. The molecule has 0 atom stereocenters. The van der Waals surface area contributed by atoms with Crippen LogP contribution in [0.2, 0.25) is 0 Å². The lowest BCUT2D eigenvalue weighted by Gasteiger charge is -1.95. The second-order valence-corrected chi connectivity index (χ2v) is 4.39. The van der Waals surface area contributed by atoms with Gasteiger partial charge in [-0.2, -0.15) is 0 Å². The molecule has 0 saturated carbocycles. The fraction of sp³-hybridized carbons (Fsp3) is 0.600. The fourth-order valence-corrected chi connectivity index (χ4v) is 2.17. The smallest absolute Gasteiger partial charge is 0.357 e. The quantitative estimate of drug-likeness (QED) is 0.571. The van der Waals surface area contributed by atoms with E-state index in [2.05, 4.69) is 9.72 Å². The first kappa shape index (κ1) is 12.1. The third-order valence-electron chi connectivity index (χ3n) is 1.96. The minimum absolute atomic E-state index is 0.359. The van der Waals surface area contributed by atoms with Crippen molar-refractivity contribution in [3.8, 4) is 0 Å². The standard InChI is InChI=1S/C10H15NO3S/c1-7-9(10(12)14-3)11-8(15-7)5-4-6-13-2/h4-6H2,1-3H3. The van der Waals surface area contributed by atoms with Gasteiger partial charge in [-0.05, 0) is 13.3 Å². The van der Waals surface area contributed by atoms with Crippen LogP contribution in [0, 0.1) is 6.92 Å². The molecule has 0 radical (unpaired) electrons. The van der Waals surface area contributed by atoms with Crippen molar-refractivity contribution in [2.75, 3.05) is 20.8 Å². The number of aromatic nitrogens is 1. The summed E-state index contributed by atoms with van der Waals surface area (Å²) in [5.41, 5.74) is 0.440. The molecule has 0 unspecified atom stereocenters. The molecule has 0 N–H and O–H groups in total. The topological polar surface area (TPSA) is 48.4 Å². The van der Waals surface area contributed by atoms with E-state index < -0.39 is 0 Å². The number of aryl methyl sites for hydroxylation is 2. The number of hydrogen-bond donors (Lipinski definition) is 0. The van der Waals surface area contributed by atoms with E-state index in [9.17, 15) is 4.79 Å². The highest BCUT2D eigenvalue weighted by Crippen LogP contribution is 2.19. The van der Waals surface area contributed by atoms with Gasteiger partial charge < -0.3 is 9.47 Å². The minimum Gasteiger partial charge on any atom is -0.464 e. The van der Waals surface area contributed by atoms with E-state index in [4.69, 9.17) is 4.74 Å². The zero-order chi connectivity index (χ0) is 11.3. The number of hydrogen-bond acceptors (Lipinski definition) is 5. The SMILES string of the molecule is COCCCc1nc(C(=O)OC)c(C)s1. The molecule has 1 heterocycles. The summed E-state index contributed by atoms with van der Waals surface area (Å²) in [6.45, 7) is 2.59. The molecule has 0 spiro atoms. The van der Waals surface area contributed by atoms with Crippen LogP contribution < -0.4 is 0 Å². The van der Waals surface area contributed by atoms with Crippen LogP contribution in [0.3, 0.4) is 0 Å². The molecule has 1 rings (SSSR count). The third kappa shape index (κ3) is 3.28. The Hall–Kier alpha value is -0.940. The summed E-state index contributed by atoms with van der Waals surface area (Å²) in [7, 11) is 3.04. The van der Waals surface area contributed by atoms with Crippen LogP contribution in [-0.4, -0.2) is 31.8 Å². The van der Waals surface area contributed by atoms with Crippen molar-refractivity contribution < 1.29 is 14.3 Å². The van der Waals surface area contributed by atoms with E-state index in [1.807, 2.05) is 6.92 Å². The van der Waals surface area contributed by atoms with Crippen molar-refractivity contribution in [2.45, 2.75) is 19.8 Å². The normalized spacial score (nSPS) is 10.3. The average molecular weight is 229 g/mol. The summed E-state index contributed by atoms with van der Waals surface area (Å²) in [4.78, 5) is 16.4. The first-order chi connectivity index (χ1) is 7.19. The van der Waals surface area contributed by atoms with Gasteiger partial charge in [0, 0.05) is 25.0 Å². The van der Waals surface area contributed by atoms with Gasteiger partial charge in [0.25, 0.3) is 0 Å². The van der Waals surface area contributed by atoms with Gasteiger partial charge in [-0.1, -0.05) is 0 Å². The van der Waals surface area contributed by atoms with Crippen LogP contribution in [-0.2, 0) is 15.9 Å². The molecule has 0 aliphatic heterocycles. The summed E-state index contributed by atoms with van der Waals surface area (Å²) in [5, 5.41) is 0.963. The monoisotopic (exact) mass is 229 g/mol. The Balaban J connectivity index is 2.64. The van der Waals surface area contributed by atoms with Crippen LogP contribution in [0.15, 0.2) is 0 Å². The molecule has 84 valence electrons. The number of ether oxygens (including phenoxy) is 2. The van der Waals surface area contributed by atoms with E-state index in [0.29, 0.717) is 12.3 Å². The summed E-state index contributed by atoms with van der Waals surface area (Å²) in [6.07, 6.45) is 1.76. The molecule has 4 nitrogen and oxygen atoms in total. The van der Waals surface area contributed by atoms with Crippen molar-refractivity contribution in [3.05, 3.63) is 15.6 Å². The number of carbonyl (C=O) groups excluding carboxylic acids is 1. The van der Waals surface area contributed by atoms with E-state index >= 15 is 0 Å². The summed E-state index contributed by atoms with van der Waals surface area (Å²) in [5.74, 6) is -0.359. The highest BCUT2D eigenvalue weighted by atomic mass is 32.1. The van der Waals surface area contributed by atoms with E-state index in [1.54, 1.807) is 18.4 Å². The molecule has 0 aliphatic carbocycles. The predicted octanol–water partition coefficient (Wildman–Crippen LogP) is 1.82. The minimum atomic E-state index is -0.359. The van der Waals surface area contributed by atoms with Crippen LogP contribution in [0.4, 0.5) is 0 Å². The highest BCUT2D eigenvalue weighted by Gasteiger charge is 2.15. The molecular formula is C10H15NO3S. The van der Waals surface area contributed by atoms with Gasteiger partial charge in [0.05, 0.1) is 12.1 Å². The van der Waals surface area contributed by atoms with Crippen LogP contribution >= 0.6 is 11.3 Å². The second-order valence-electron chi connectivity index (χ2n) is 3.10. The molecule has 0 amide bonds. The number of carbonyl (C=O) groups is 1. The maximum atomic E-state index is 11.3. The molecule has 0 saturated heterocycles. The van der Waals surface area contributed by atoms with Crippen molar-refractivity contribution in [1.29, 1.82) is 0 Å². The lowest BCUT2D eigenvalue weighted by molar-refractivity contribution is 0.0594. The van der Waals surface area contributed by atoms with Gasteiger partial charge in [-0.25, -0.2) is 9.78 Å². The van der Waals surface area contributed by atoms with Gasteiger partial charge in [0.2, 0.25) is 0 Å². The van der Waals surface area contributed by atoms with Gasteiger partial charge in [0.15, 0.2) is 5.69 Å². The zero-order valence-electron chi connectivity index (χ0n) is 9.20. The molecule has 1 aromatic rings. The maximum Gasteiger partial charge on any atom is 0.357 e. The number of methoxy groups -OCH3 is 2. The molecule has 0 fully saturated rings. The van der Waals surface area contributed by atoms with Gasteiger partial charge >= 0.3 is 5.97 Å². The number of rotatable bonds is 5. The Labute approximate surface area is 93.2 Å². The molecule has 0 aliphatic rings. The van der Waals surface area contributed by atoms with E-state index in [-0.39, 0.29) is 5.97 Å². The number of esters is 1. The molecule has 0 aromatic carbocycles. The molecule has 15 heavy (non-hydrogen) atoms. The maximum absolute atomic E-state index is 11.3. The third-order valence-corrected chi connectivity index (χ3v) is 2.99. The van der Waals surface area contributed by atoms with Crippen molar-refractivity contribution >= 4 is 17.3 Å². The Bertz CT molecular complexity index is 335. The largest absolute Gasteiger partial charge is 0.464 e. The van der Waals surface area contributed by atoms with Gasteiger partial charge in [-0.15, -0.1) is 11.3 Å². The number of nitrogens with zero attached hydrogens (tertiary/aromatic N) is 1. The molecule has 5 heteroatoms. The number of thiazole rings is 1. The Morgan fingerprint density at radius 2 is 2.20 bits per heavy atom. The summed E-state index contributed by atoms with van der Waals surface area (Å²) in [6, 6.07) is 0. The summed E-state index contributed by atoms with van der Waals surface area (Å²) < 4.78 is 9.59. The second kappa shape index (κ2) is 5.82. The fourth-order valence-electron chi connectivity index (χ4n) is 1.21. The Morgan fingerprint density at radius 1 is 1.47 bits per heavy atom. The zero-order valence-corrected chi connectivity index (χ0v) is 10.0. The Kier molecular flexibility index (Phi) is 4.71. The lowest BCUT2D eigenvalue weighted by atomic mass is 10.3. The van der Waals surface area contributed by atoms with Gasteiger partial charge in [0.1, 0.15) is 0 Å². The van der Waals surface area contributed by atoms with E-state index in [1.165, 1.54) is 7.11 Å².